The number of halogens is 2. The van der Waals surface area contributed by atoms with Crippen molar-refractivity contribution in [3.05, 3.63) is 58.2 Å². The molecule has 0 spiro atoms. The summed E-state index contributed by atoms with van der Waals surface area (Å²) in [5.41, 5.74) is 3.55. The smallest absolute Gasteiger partial charge is 0.265 e. The minimum atomic E-state index is -0.764. The van der Waals surface area contributed by atoms with E-state index in [0.717, 1.165) is 4.88 Å². The van der Waals surface area contributed by atoms with Crippen molar-refractivity contribution >= 4 is 57.2 Å². The first-order valence-corrected chi connectivity index (χ1v) is 9.85. The summed E-state index contributed by atoms with van der Waals surface area (Å²) >= 11 is 13.4. The Morgan fingerprint density at radius 3 is 2.86 bits per heavy atom. The van der Waals surface area contributed by atoms with E-state index in [4.69, 9.17) is 32.4 Å². The van der Waals surface area contributed by atoms with Gasteiger partial charge in [-0.25, -0.2) is 4.98 Å². The first-order chi connectivity index (χ1) is 13.5. The molecule has 2 heterocycles. The molecule has 9 heteroatoms. The zero-order valence-corrected chi connectivity index (χ0v) is 16.8. The Hall–Kier alpha value is -2.61. The zero-order valence-electron chi connectivity index (χ0n) is 14.5. The lowest BCUT2D eigenvalue weighted by Crippen LogP contribution is -2.30. The van der Waals surface area contributed by atoms with Crippen molar-refractivity contribution in [3.63, 3.8) is 0 Å². The van der Waals surface area contributed by atoms with Crippen LogP contribution in [0.25, 0.3) is 21.9 Å². The second kappa shape index (κ2) is 7.79. The maximum absolute atomic E-state index is 12.5. The van der Waals surface area contributed by atoms with Gasteiger partial charge in [-0.05, 0) is 43.3 Å². The number of rotatable bonds is 5. The maximum atomic E-state index is 12.5. The molecule has 4 aromatic rings. The molecule has 6 nitrogen and oxygen atoms in total. The van der Waals surface area contributed by atoms with Gasteiger partial charge in [0.1, 0.15) is 16.1 Å². The summed E-state index contributed by atoms with van der Waals surface area (Å²) in [5, 5.41) is 3.64. The van der Waals surface area contributed by atoms with Gasteiger partial charge < -0.3 is 14.5 Å². The van der Waals surface area contributed by atoms with E-state index in [1.165, 1.54) is 11.3 Å². The van der Waals surface area contributed by atoms with E-state index in [0.29, 0.717) is 38.5 Å². The number of carbonyl (C=O) groups excluding carboxylic acids is 1. The van der Waals surface area contributed by atoms with Gasteiger partial charge >= 0.3 is 0 Å². The topological polar surface area (TPSA) is 77.2 Å². The predicted octanol–water partition coefficient (Wildman–Crippen LogP) is 5.66. The zero-order chi connectivity index (χ0) is 19.7. The van der Waals surface area contributed by atoms with Crippen LogP contribution in [0.5, 0.6) is 5.75 Å². The first kappa shape index (κ1) is 18.7. The monoisotopic (exact) mass is 433 g/mol. The number of oxazole rings is 1. The fraction of sp³-hybridized carbons (Fsp3) is 0.105. The summed E-state index contributed by atoms with van der Waals surface area (Å²) in [6, 6.07) is 10.1. The Bertz CT molecular complexity index is 1140. The van der Waals surface area contributed by atoms with Crippen LogP contribution >= 0.6 is 34.5 Å². The molecule has 1 unspecified atom stereocenters. The molecule has 0 radical (unpaired) electrons. The van der Waals surface area contributed by atoms with E-state index in [-0.39, 0.29) is 5.91 Å². The quantitative estimate of drug-likeness (QED) is 0.438. The SMILES string of the molecule is CC(Oc1ccc(Cl)cc1Cl)C(=O)Nc1ccc2oc(-c3cncs3)nc2c1. The molecule has 2 aromatic heterocycles. The minimum Gasteiger partial charge on any atom is -0.479 e. The van der Waals surface area contributed by atoms with Crippen molar-refractivity contribution in [1.29, 1.82) is 0 Å². The summed E-state index contributed by atoms with van der Waals surface area (Å²) in [6.07, 6.45) is 0.929. The van der Waals surface area contributed by atoms with Crippen molar-refractivity contribution in [1.82, 2.24) is 9.97 Å². The fourth-order valence-corrected chi connectivity index (χ4v) is 3.49. The number of nitrogens with zero attached hydrogens (tertiary/aromatic N) is 2. The number of nitrogens with one attached hydrogen (secondary N) is 1. The number of benzene rings is 2. The molecular weight excluding hydrogens is 421 g/mol. The number of carbonyl (C=O) groups is 1. The number of hydrogen-bond acceptors (Lipinski definition) is 6. The minimum absolute atomic E-state index is 0.323. The van der Waals surface area contributed by atoms with Crippen LogP contribution in [0.2, 0.25) is 10.0 Å². The van der Waals surface area contributed by atoms with Crippen molar-refractivity contribution in [3.8, 4) is 16.5 Å². The molecule has 0 aliphatic carbocycles. The molecule has 0 saturated heterocycles. The molecule has 0 aliphatic rings. The van der Waals surface area contributed by atoms with Crippen molar-refractivity contribution in [2.75, 3.05) is 5.32 Å². The lowest BCUT2D eigenvalue weighted by Gasteiger charge is -2.15. The number of ether oxygens (including phenoxy) is 1. The van der Waals surface area contributed by atoms with Crippen LogP contribution in [-0.2, 0) is 4.79 Å². The van der Waals surface area contributed by atoms with E-state index < -0.39 is 6.10 Å². The third-order valence-corrected chi connectivity index (χ3v) is 5.16. The highest BCUT2D eigenvalue weighted by Crippen LogP contribution is 2.30. The summed E-state index contributed by atoms with van der Waals surface area (Å²) < 4.78 is 11.4. The van der Waals surface area contributed by atoms with Gasteiger partial charge in [0.15, 0.2) is 11.7 Å². The van der Waals surface area contributed by atoms with Gasteiger partial charge in [0.25, 0.3) is 5.91 Å². The van der Waals surface area contributed by atoms with Crippen LogP contribution < -0.4 is 10.1 Å². The Morgan fingerprint density at radius 1 is 1.25 bits per heavy atom. The third kappa shape index (κ3) is 3.96. The third-order valence-electron chi connectivity index (χ3n) is 3.87. The number of anilines is 1. The highest BCUT2D eigenvalue weighted by molar-refractivity contribution is 7.13. The molecule has 0 fully saturated rings. The average Bonchev–Trinajstić information content (AvgIpc) is 3.32. The molecule has 1 N–H and O–H groups in total. The number of amides is 1. The Morgan fingerprint density at radius 2 is 2.11 bits per heavy atom. The second-order valence-corrected chi connectivity index (χ2v) is 7.62. The Balaban J connectivity index is 1.48. The van der Waals surface area contributed by atoms with E-state index in [1.807, 2.05) is 0 Å². The molecule has 0 saturated carbocycles. The fourth-order valence-electron chi connectivity index (χ4n) is 2.49. The molecule has 142 valence electrons. The highest BCUT2D eigenvalue weighted by atomic mass is 35.5. The van der Waals surface area contributed by atoms with Gasteiger partial charge in [0.05, 0.1) is 16.7 Å². The second-order valence-electron chi connectivity index (χ2n) is 5.89. The normalized spacial score (nSPS) is 12.1. The molecule has 4 rings (SSSR count). The van der Waals surface area contributed by atoms with E-state index in [1.54, 1.807) is 55.0 Å². The summed E-state index contributed by atoms with van der Waals surface area (Å²) in [6.45, 7) is 1.64. The van der Waals surface area contributed by atoms with E-state index in [9.17, 15) is 4.79 Å². The van der Waals surface area contributed by atoms with Crippen molar-refractivity contribution in [2.24, 2.45) is 0 Å². The van der Waals surface area contributed by atoms with Crippen molar-refractivity contribution < 1.29 is 13.9 Å². The largest absolute Gasteiger partial charge is 0.479 e. The first-order valence-electron chi connectivity index (χ1n) is 8.21. The molecular formula is C19H13Cl2N3O3S. The van der Waals surface area contributed by atoms with Gasteiger partial charge in [0, 0.05) is 10.7 Å². The van der Waals surface area contributed by atoms with E-state index >= 15 is 0 Å². The van der Waals surface area contributed by atoms with Crippen LogP contribution in [0.3, 0.4) is 0 Å². The van der Waals surface area contributed by atoms with Crippen LogP contribution in [-0.4, -0.2) is 22.0 Å². The number of aromatic nitrogens is 2. The molecule has 0 bridgehead atoms. The molecule has 0 aliphatic heterocycles. The average molecular weight is 434 g/mol. The predicted molar refractivity (Wildman–Crippen MR) is 110 cm³/mol. The van der Waals surface area contributed by atoms with Gasteiger partial charge in [-0.2, -0.15) is 0 Å². The molecule has 1 amide bonds. The molecule has 1 atom stereocenters. The van der Waals surface area contributed by atoms with Crippen LogP contribution in [0.1, 0.15) is 6.92 Å². The van der Waals surface area contributed by atoms with Crippen LogP contribution in [0, 0.1) is 0 Å². The lowest BCUT2D eigenvalue weighted by molar-refractivity contribution is -0.122. The van der Waals surface area contributed by atoms with Crippen molar-refractivity contribution in [2.45, 2.75) is 13.0 Å². The maximum Gasteiger partial charge on any atom is 0.265 e. The Kier molecular flexibility index (Phi) is 5.21. The number of fused-ring (bicyclic) bond motifs is 1. The van der Waals surface area contributed by atoms with E-state index in [2.05, 4.69) is 15.3 Å². The standard InChI is InChI=1S/C19H13Cl2N3O3S/c1-10(26-15-4-2-11(20)6-13(15)21)18(25)23-12-3-5-16-14(7-12)24-19(27-16)17-8-22-9-28-17/h2-10H,1H3,(H,23,25). The molecule has 28 heavy (non-hydrogen) atoms. The summed E-state index contributed by atoms with van der Waals surface area (Å²) in [7, 11) is 0. The van der Waals surface area contributed by atoms with Gasteiger partial charge in [0.2, 0.25) is 5.89 Å². The number of thiazole rings is 1. The molecule has 2 aromatic carbocycles. The number of hydrogen-bond donors (Lipinski definition) is 1. The van der Waals surface area contributed by atoms with Gasteiger partial charge in [-0.15, -0.1) is 11.3 Å². The Labute approximate surface area is 174 Å². The summed E-state index contributed by atoms with van der Waals surface area (Å²) in [5.74, 6) is 0.557. The van der Waals surface area contributed by atoms with Gasteiger partial charge in [-0.1, -0.05) is 23.2 Å². The van der Waals surface area contributed by atoms with Crippen LogP contribution in [0.4, 0.5) is 5.69 Å². The highest BCUT2D eigenvalue weighted by Gasteiger charge is 2.17. The lowest BCUT2D eigenvalue weighted by atomic mass is 10.2. The summed E-state index contributed by atoms with van der Waals surface area (Å²) in [4.78, 5) is 21.8. The van der Waals surface area contributed by atoms with Gasteiger partial charge in [-0.3, -0.25) is 9.78 Å². The van der Waals surface area contributed by atoms with Crippen LogP contribution in [0.15, 0.2) is 52.5 Å².